The van der Waals surface area contributed by atoms with E-state index in [1.54, 1.807) is 6.08 Å². The van der Waals surface area contributed by atoms with Crippen LogP contribution in [0.5, 0.6) is 0 Å². The van der Waals surface area contributed by atoms with Crippen LogP contribution in [0.25, 0.3) is 6.08 Å². The highest BCUT2D eigenvalue weighted by Gasteiger charge is 2.10. The van der Waals surface area contributed by atoms with E-state index < -0.39 is 0 Å². The number of aromatic nitrogens is 3. The standard InChI is InChI=1S/C26H33N5O/c1-6-30(7-2)25-14-12-23(16-27-25)17-28-26(32)15-13-24-20(4)29-31(21(24)5)18-22-10-8-19(3)9-11-22/h8-16H,6-7,17-18H2,1-5H3,(H,28,32)/b15-13+. The minimum Gasteiger partial charge on any atom is -0.357 e. The largest absolute Gasteiger partial charge is 0.357 e. The van der Waals surface area contributed by atoms with Crippen molar-refractivity contribution in [3.8, 4) is 0 Å². The quantitative estimate of drug-likeness (QED) is 0.509. The highest BCUT2D eigenvalue weighted by Crippen LogP contribution is 2.17. The van der Waals surface area contributed by atoms with Gasteiger partial charge in [-0.25, -0.2) is 4.98 Å². The monoisotopic (exact) mass is 431 g/mol. The van der Waals surface area contributed by atoms with E-state index in [0.717, 1.165) is 41.4 Å². The Kier molecular flexibility index (Phi) is 7.82. The molecule has 32 heavy (non-hydrogen) atoms. The van der Waals surface area contributed by atoms with Gasteiger partial charge in [-0.3, -0.25) is 9.48 Å². The molecule has 0 aliphatic heterocycles. The number of hydrogen-bond donors (Lipinski definition) is 1. The summed E-state index contributed by atoms with van der Waals surface area (Å²) in [6, 6.07) is 12.5. The van der Waals surface area contributed by atoms with Gasteiger partial charge in [-0.1, -0.05) is 35.9 Å². The number of carbonyl (C=O) groups is 1. The first-order chi connectivity index (χ1) is 15.4. The molecule has 3 rings (SSSR count). The molecule has 0 fully saturated rings. The maximum Gasteiger partial charge on any atom is 0.244 e. The maximum atomic E-state index is 12.4. The van der Waals surface area contributed by atoms with Gasteiger partial charge in [-0.15, -0.1) is 0 Å². The van der Waals surface area contributed by atoms with Crippen molar-refractivity contribution in [3.63, 3.8) is 0 Å². The molecule has 2 aromatic heterocycles. The number of pyridine rings is 1. The molecule has 0 atom stereocenters. The molecule has 6 heteroatoms. The molecule has 0 radical (unpaired) electrons. The van der Waals surface area contributed by atoms with Crippen LogP contribution in [-0.4, -0.2) is 33.8 Å². The Morgan fingerprint density at radius 3 is 2.34 bits per heavy atom. The molecule has 3 aromatic rings. The molecular formula is C26H33N5O. The normalized spacial score (nSPS) is 11.2. The first-order valence-electron chi connectivity index (χ1n) is 11.2. The number of nitrogens with zero attached hydrogens (tertiary/aromatic N) is 4. The second kappa shape index (κ2) is 10.8. The highest BCUT2D eigenvalue weighted by atomic mass is 16.1. The predicted molar refractivity (Wildman–Crippen MR) is 131 cm³/mol. The summed E-state index contributed by atoms with van der Waals surface area (Å²) in [6.07, 6.45) is 5.24. The molecule has 0 saturated carbocycles. The maximum absolute atomic E-state index is 12.4. The molecule has 168 valence electrons. The van der Waals surface area contributed by atoms with E-state index >= 15 is 0 Å². The lowest BCUT2D eigenvalue weighted by atomic mass is 10.1. The minimum atomic E-state index is -0.136. The molecule has 1 aromatic carbocycles. The number of carbonyl (C=O) groups excluding carboxylic acids is 1. The van der Waals surface area contributed by atoms with Gasteiger partial charge >= 0.3 is 0 Å². The van der Waals surface area contributed by atoms with Crippen molar-refractivity contribution in [1.82, 2.24) is 20.1 Å². The molecule has 2 heterocycles. The van der Waals surface area contributed by atoms with Gasteiger partial charge in [0, 0.05) is 43.2 Å². The molecule has 0 bridgehead atoms. The summed E-state index contributed by atoms with van der Waals surface area (Å²) in [7, 11) is 0. The van der Waals surface area contributed by atoms with Crippen LogP contribution in [-0.2, 0) is 17.9 Å². The summed E-state index contributed by atoms with van der Waals surface area (Å²) >= 11 is 0. The van der Waals surface area contributed by atoms with Crippen molar-refractivity contribution in [1.29, 1.82) is 0 Å². The summed E-state index contributed by atoms with van der Waals surface area (Å²) in [4.78, 5) is 19.0. The average molecular weight is 432 g/mol. The third-order valence-corrected chi connectivity index (χ3v) is 5.66. The zero-order valence-corrected chi connectivity index (χ0v) is 19.7. The zero-order chi connectivity index (χ0) is 23.1. The molecule has 1 N–H and O–H groups in total. The number of rotatable bonds is 9. The minimum absolute atomic E-state index is 0.136. The summed E-state index contributed by atoms with van der Waals surface area (Å²) in [5, 5.41) is 7.59. The van der Waals surface area contributed by atoms with Crippen LogP contribution in [0.15, 0.2) is 48.7 Å². The second-order valence-electron chi connectivity index (χ2n) is 7.98. The van der Waals surface area contributed by atoms with Gasteiger partial charge in [-0.05, 0) is 57.9 Å². The van der Waals surface area contributed by atoms with Gasteiger partial charge in [0.15, 0.2) is 0 Å². The van der Waals surface area contributed by atoms with E-state index in [4.69, 9.17) is 0 Å². The van der Waals surface area contributed by atoms with Gasteiger partial charge in [0.25, 0.3) is 0 Å². The van der Waals surface area contributed by atoms with Crippen molar-refractivity contribution >= 4 is 17.8 Å². The second-order valence-corrected chi connectivity index (χ2v) is 7.98. The van der Waals surface area contributed by atoms with E-state index in [9.17, 15) is 4.79 Å². The van der Waals surface area contributed by atoms with E-state index in [2.05, 4.69) is 65.3 Å². The summed E-state index contributed by atoms with van der Waals surface area (Å²) in [5.74, 6) is 0.821. The molecule has 0 unspecified atom stereocenters. The molecule has 0 spiro atoms. The van der Waals surface area contributed by atoms with Crippen LogP contribution >= 0.6 is 0 Å². The number of amides is 1. The lowest BCUT2D eigenvalue weighted by molar-refractivity contribution is -0.116. The molecule has 0 aliphatic rings. The molecular weight excluding hydrogens is 398 g/mol. The fourth-order valence-electron chi connectivity index (χ4n) is 3.64. The van der Waals surface area contributed by atoms with Gasteiger partial charge in [-0.2, -0.15) is 5.10 Å². The topological polar surface area (TPSA) is 63.1 Å². The third kappa shape index (κ3) is 5.84. The van der Waals surface area contributed by atoms with Gasteiger partial charge in [0.2, 0.25) is 5.91 Å². The van der Waals surface area contributed by atoms with E-state index in [1.165, 1.54) is 11.1 Å². The van der Waals surface area contributed by atoms with Gasteiger partial charge < -0.3 is 10.2 Å². The van der Waals surface area contributed by atoms with Crippen molar-refractivity contribution in [2.75, 3.05) is 18.0 Å². The Hall–Kier alpha value is -3.41. The summed E-state index contributed by atoms with van der Waals surface area (Å²) in [5.41, 5.74) is 6.36. The molecule has 0 saturated heterocycles. The Morgan fingerprint density at radius 2 is 1.72 bits per heavy atom. The Morgan fingerprint density at radius 1 is 1.03 bits per heavy atom. The summed E-state index contributed by atoms with van der Waals surface area (Å²) in [6.45, 7) is 13.3. The Bertz CT molecular complexity index is 1060. The van der Waals surface area contributed by atoms with E-state index in [0.29, 0.717) is 13.1 Å². The van der Waals surface area contributed by atoms with Crippen LogP contribution in [0.3, 0.4) is 0 Å². The fraction of sp³-hybridized carbons (Fsp3) is 0.346. The smallest absolute Gasteiger partial charge is 0.244 e. The zero-order valence-electron chi connectivity index (χ0n) is 19.7. The van der Waals surface area contributed by atoms with E-state index in [-0.39, 0.29) is 5.91 Å². The third-order valence-electron chi connectivity index (χ3n) is 5.66. The van der Waals surface area contributed by atoms with E-state index in [1.807, 2.05) is 42.9 Å². The van der Waals surface area contributed by atoms with Crippen molar-refractivity contribution in [2.45, 2.75) is 47.7 Å². The molecule has 0 aliphatic carbocycles. The Balaban J connectivity index is 1.59. The number of anilines is 1. The number of aryl methyl sites for hydroxylation is 2. The van der Waals surface area contributed by atoms with Crippen LogP contribution < -0.4 is 10.2 Å². The lowest BCUT2D eigenvalue weighted by Crippen LogP contribution is -2.23. The molecule has 1 amide bonds. The van der Waals surface area contributed by atoms with Crippen LogP contribution in [0.1, 0.15) is 47.5 Å². The first-order valence-corrected chi connectivity index (χ1v) is 11.2. The van der Waals surface area contributed by atoms with Crippen molar-refractivity contribution < 1.29 is 4.79 Å². The van der Waals surface area contributed by atoms with Gasteiger partial charge in [0.05, 0.1) is 12.2 Å². The average Bonchev–Trinajstić information content (AvgIpc) is 3.06. The first kappa shape index (κ1) is 23.3. The summed E-state index contributed by atoms with van der Waals surface area (Å²) < 4.78 is 1.99. The van der Waals surface area contributed by atoms with Crippen LogP contribution in [0, 0.1) is 20.8 Å². The molecule has 6 nitrogen and oxygen atoms in total. The Labute approximate surface area is 191 Å². The fourth-order valence-corrected chi connectivity index (χ4v) is 3.64. The van der Waals surface area contributed by atoms with Crippen molar-refractivity contribution in [2.24, 2.45) is 0 Å². The number of benzene rings is 1. The lowest BCUT2D eigenvalue weighted by Gasteiger charge is -2.19. The van der Waals surface area contributed by atoms with Crippen LogP contribution in [0.4, 0.5) is 5.82 Å². The number of nitrogens with one attached hydrogen (secondary N) is 1. The predicted octanol–water partition coefficient (Wildman–Crippen LogP) is 4.43. The SMILES string of the molecule is CCN(CC)c1ccc(CNC(=O)/C=C/c2c(C)nn(Cc3ccc(C)cc3)c2C)cn1. The van der Waals surface area contributed by atoms with Crippen LogP contribution in [0.2, 0.25) is 0 Å². The highest BCUT2D eigenvalue weighted by molar-refractivity contribution is 5.91. The van der Waals surface area contributed by atoms with Gasteiger partial charge in [0.1, 0.15) is 5.82 Å². The number of hydrogen-bond acceptors (Lipinski definition) is 4. The van der Waals surface area contributed by atoms with Crippen molar-refractivity contribution in [3.05, 3.63) is 82.3 Å².